The normalized spacial score (nSPS) is 18.7. The average molecular weight is 399 g/mol. The van der Waals surface area contributed by atoms with Crippen LogP contribution in [0.2, 0.25) is 0 Å². The molecule has 2 aliphatic rings. The number of thioether (sulfide) groups is 1. The standard InChI is InChI=1S/C19H15BrN2OS/c20-16-7-5-13(6-8-16)11-17-18(23)21-19(24-17)22-10-9-14-3-1-2-4-15(14)12-22/h1-8,11H,9-10,12H2/b17-11-. The molecule has 2 aromatic carbocycles. The van der Waals surface area contributed by atoms with Crippen molar-refractivity contribution in [3.05, 3.63) is 74.6 Å². The number of hydrogen-bond acceptors (Lipinski definition) is 3. The molecule has 2 heterocycles. The number of benzene rings is 2. The molecule has 3 nitrogen and oxygen atoms in total. The number of amides is 1. The maximum absolute atomic E-state index is 12.2. The first-order valence-electron chi connectivity index (χ1n) is 7.79. The maximum atomic E-state index is 12.2. The van der Waals surface area contributed by atoms with E-state index in [1.54, 1.807) is 0 Å². The zero-order valence-electron chi connectivity index (χ0n) is 12.9. The third-order valence-electron chi connectivity index (χ3n) is 4.18. The van der Waals surface area contributed by atoms with Gasteiger partial charge < -0.3 is 4.90 Å². The van der Waals surface area contributed by atoms with Gasteiger partial charge in [0, 0.05) is 17.6 Å². The summed E-state index contributed by atoms with van der Waals surface area (Å²) in [6.45, 7) is 1.72. The Morgan fingerprint density at radius 3 is 2.62 bits per heavy atom. The fraction of sp³-hybridized carbons (Fsp3) is 0.158. The molecule has 1 amide bonds. The highest BCUT2D eigenvalue weighted by atomic mass is 79.9. The molecular weight excluding hydrogens is 384 g/mol. The zero-order valence-corrected chi connectivity index (χ0v) is 15.3. The number of fused-ring (bicyclic) bond motifs is 1. The van der Waals surface area contributed by atoms with E-state index in [0.29, 0.717) is 4.91 Å². The second kappa shape index (κ2) is 6.57. The van der Waals surface area contributed by atoms with Gasteiger partial charge in [-0.15, -0.1) is 0 Å². The predicted molar refractivity (Wildman–Crippen MR) is 103 cm³/mol. The Hall–Kier alpha value is -1.85. The van der Waals surface area contributed by atoms with Gasteiger partial charge in [-0.25, -0.2) is 0 Å². The van der Waals surface area contributed by atoms with Gasteiger partial charge in [-0.2, -0.15) is 4.99 Å². The second-order valence-corrected chi connectivity index (χ2v) is 7.73. The largest absolute Gasteiger partial charge is 0.346 e. The topological polar surface area (TPSA) is 32.7 Å². The Balaban J connectivity index is 1.52. The molecule has 0 N–H and O–H groups in total. The van der Waals surface area contributed by atoms with Crippen LogP contribution in [0.4, 0.5) is 0 Å². The first kappa shape index (κ1) is 15.7. The van der Waals surface area contributed by atoms with E-state index in [0.717, 1.165) is 34.7 Å². The molecule has 0 fully saturated rings. The molecule has 5 heteroatoms. The van der Waals surface area contributed by atoms with Crippen LogP contribution in [0.25, 0.3) is 6.08 Å². The zero-order chi connectivity index (χ0) is 16.5. The number of nitrogens with zero attached hydrogens (tertiary/aromatic N) is 2. The van der Waals surface area contributed by atoms with Crippen LogP contribution in [0, 0.1) is 0 Å². The molecule has 0 aromatic heterocycles. The van der Waals surface area contributed by atoms with E-state index in [2.05, 4.69) is 50.1 Å². The van der Waals surface area contributed by atoms with E-state index in [9.17, 15) is 4.79 Å². The van der Waals surface area contributed by atoms with Gasteiger partial charge >= 0.3 is 0 Å². The van der Waals surface area contributed by atoms with Gasteiger partial charge in [-0.05, 0) is 53.1 Å². The van der Waals surface area contributed by atoms with E-state index in [1.165, 1.54) is 22.9 Å². The van der Waals surface area contributed by atoms with Crippen molar-refractivity contribution in [2.24, 2.45) is 4.99 Å². The number of aliphatic imine (C=N–C) groups is 1. The van der Waals surface area contributed by atoms with Crippen molar-refractivity contribution in [2.45, 2.75) is 13.0 Å². The third kappa shape index (κ3) is 3.19. The Morgan fingerprint density at radius 2 is 1.83 bits per heavy atom. The van der Waals surface area contributed by atoms with Gasteiger partial charge in [0.05, 0.1) is 4.91 Å². The van der Waals surface area contributed by atoms with Gasteiger partial charge in [0.15, 0.2) is 5.17 Å². The minimum atomic E-state index is -0.142. The lowest BCUT2D eigenvalue weighted by Crippen LogP contribution is -2.33. The van der Waals surface area contributed by atoms with Crippen molar-refractivity contribution in [1.82, 2.24) is 4.90 Å². The van der Waals surface area contributed by atoms with Crippen molar-refractivity contribution in [1.29, 1.82) is 0 Å². The van der Waals surface area contributed by atoms with Crippen LogP contribution in [0.3, 0.4) is 0 Å². The second-order valence-electron chi connectivity index (χ2n) is 5.80. The number of halogens is 1. The first-order chi connectivity index (χ1) is 11.7. The number of hydrogen-bond donors (Lipinski definition) is 0. The summed E-state index contributed by atoms with van der Waals surface area (Å²) in [5.74, 6) is -0.142. The van der Waals surface area contributed by atoms with Gasteiger partial charge in [0.1, 0.15) is 0 Å². The van der Waals surface area contributed by atoms with Gasteiger partial charge in [-0.3, -0.25) is 4.79 Å². The van der Waals surface area contributed by atoms with Crippen molar-refractivity contribution in [2.75, 3.05) is 6.54 Å². The third-order valence-corrected chi connectivity index (χ3v) is 5.75. The Kier molecular flexibility index (Phi) is 4.29. The molecule has 0 saturated carbocycles. The van der Waals surface area contributed by atoms with Gasteiger partial charge in [0.25, 0.3) is 5.91 Å². The van der Waals surface area contributed by atoms with Crippen molar-refractivity contribution in [3.8, 4) is 0 Å². The summed E-state index contributed by atoms with van der Waals surface area (Å²) in [5, 5.41) is 0.817. The summed E-state index contributed by atoms with van der Waals surface area (Å²) >= 11 is 4.90. The fourth-order valence-corrected chi connectivity index (χ4v) is 4.11. The summed E-state index contributed by atoms with van der Waals surface area (Å²) < 4.78 is 1.03. The van der Waals surface area contributed by atoms with Crippen LogP contribution >= 0.6 is 27.7 Å². The Bertz CT molecular complexity index is 858. The molecule has 0 spiro atoms. The molecule has 2 aliphatic heterocycles. The van der Waals surface area contributed by atoms with Crippen LogP contribution in [-0.2, 0) is 17.8 Å². The number of rotatable bonds is 1. The molecule has 2 aromatic rings. The SMILES string of the molecule is O=C1N=C(N2CCc3ccccc3C2)S/C1=C\c1ccc(Br)cc1. The van der Waals surface area contributed by atoms with Crippen LogP contribution in [-0.4, -0.2) is 22.5 Å². The first-order valence-corrected chi connectivity index (χ1v) is 9.40. The van der Waals surface area contributed by atoms with Crippen molar-refractivity contribution in [3.63, 3.8) is 0 Å². The number of amidine groups is 1. The average Bonchev–Trinajstić information content (AvgIpc) is 2.97. The summed E-state index contributed by atoms with van der Waals surface area (Å²) in [4.78, 5) is 19.4. The molecule has 24 heavy (non-hydrogen) atoms. The lowest BCUT2D eigenvalue weighted by molar-refractivity contribution is -0.113. The predicted octanol–water partition coefficient (Wildman–Crippen LogP) is 4.48. The van der Waals surface area contributed by atoms with E-state index >= 15 is 0 Å². The summed E-state index contributed by atoms with van der Waals surface area (Å²) in [6.07, 6.45) is 2.91. The van der Waals surface area contributed by atoms with Crippen LogP contribution < -0.4 is 0 Å². The monoisotopic (exact) mass is 398 g/mol. The summed E-state index contributed by atoms with van der Waals surface area (Å²) in [6, 6.07) is 16.4. The molecular formula is C19H15BrN2OS. The van der Waals surface area contributed by atoms with E-state index in [-0.39, 0.29) is 5.91 Å². The minimum absolute atomic E-state index is 0.142. The van der Waals surface area contributed by atoms with Crippen LogP contribution in [0.1, 0.15) is 16.7 Å². The quantitative estimate of drug-likeness (QED) is 0.663. The molecule has 4 rings (SSSR count). The lowest BCUT2D eigenvalue weighted by atomic mass is 10.0. The van der Waals surface area contributed by atoms with Crippen molar-refractivity contribution < 1.29 is 4.79 Å². The van der Waals surface area contributed by atoms with Gasteiger partial charge in [-0.1, -0.05) is 52.3 Å². The lowest BCUT2D eigenvalue weighted by Gasteiger charge is -2.29. The van der Waals surface area contributed by atoms with Crippen LogP contribution in [0.5, 0.6) is 0 Å². The molecule has 120 valence electrons. The number of carbonyl (C=O) groups is 1. The van der Waals surface area contributed by atoms with E-state index < -0.39 is 0 Å². The summed E-state index contributed by atoms with van der Waals surface area (Å²) in [5.41, 5.74) is 3.73. The molecule has 0 aliphatic carbocycles. The Labute approximate surface area is 153 Å². The molecule has 0 saturated heterocycles. The molecule has 0 radical (unpaired) electrons. The van der Waals surface area contributed by atoms with E-state index in [4.69, 9.17) is 0 Å². The number of carbonyl (C=O) groups excluding carboxylic acids is 1. The highest BCUT2D eigenvalue weighted by molar-refractivity contribution is 9.10. The molecule has 0 bridgehead atoms. The summed E-state index contributed by atoms with van der Waals surface area (Å²) in [7, 11) is 0. The minimum Gasteiger partial charge on any atom is -0.346 e. The van der Waals surface area contributed by atoms with Crippen molar-refractivity contribution >= 4 is 44.8 Å². The van der Waals surface area contributed by atoms with Crippen LogP contribution in [0.15, 0.2) is 62.9 Å². The fourth-order valence-electron chi connectivity index (χ4n) is 2.90. The smallest absolute Gasteiger partial charge is 0.286 e. The molecule has 0 atom stereocenters. The maximum Gasteiger partial charge on any atom is 0.286 e. The van der Waals surface area contributed by atoms with Gasteiger partial charge in [0.2, 0.25) is 0 Å². The highest BCUT2D eigenvalue weighted by Crippen LogP contribution is 2.32. The highest BCUT2D eigenvalue weighted by Gasteiger charge is 2.28. The molecule has 0 unspecified atom stereocenters. The Morgan fingerprint density at radius 1 is 1.08 bits per heavy atom. The van der Waals surface area contributed by atoms with E-state index in [1.807, 2.05) is 30.3 Å².